The second-order valence-electron chi connectivity index (χ2n) is 8.31. The summed E-state index contributed by atoms with van der Waals surface area (Å²) in [5, 5.41) is 1.39. The van der Waals surface area contributed by atoms with E-state index >= 15 is 0 Å². The Morgan fingerprint density at radius 1 is 1.38 bits per heavy atom. The Balaban J connectivity index is 1.64. The predicted octanol–water partition coefficient (Wildman–Crippen LogP) is 4.06. The van der Waals surface area contributed by atoms with E-state index in [0.717, 1.165) is 11.8 Å². The second kappa shape index (κ2) is 6.95. The van der Waals surface area contributed by atoms with Crippen LogP contribution in [0.1, 0.15) is 27.2 Å². The summed E-state index contributed by atoms with van der Waals surface area (Å²) in [6.45, 7) is 6.87. The number of ether oxygens (including phenoxy) is 1. The molecule has 1 atom stereocenters. The van der Waals surface area contributed by atoms with Gasteiger partial charge in [0.25, 0.3) is 0 Å². The number of nitrogens with zero attached hydrogens (tertiary/aromatic N) is 4. The Bertz CT molecular complexity index is 1090. The van der Waals surface area contributed by atoms with Crippen LogP contribution in [-0.2, 0) is 4.74 Å². The molecule has 4 rings (SSSR count). The molecule has 29 heavy (non-hydrogen) atoms. The number of carbonyl (C=O) groups excluding carboxylic acids is 1. The van der Waals surface area contributed by atoms with Crippen molar-refractivity contribution in [3.63, 3.8) is 0 Å². The van der Waals surface area contributed by atoms with Crippen molar-refractivity contribution in [2.45, 2.75) is 38.8 Å². The number of furan rings is 1. The average molecular weight is 418 g/mol. The average Bonchev–Trinajstić information content (AvgIpc) is 3.24. The highest BCUT2D eigenvalue weighted by Gasteiger charge is 2.33. The van der Waals surface area contributed by atoms with Crippen LogP contribution in [0.3, 0.4) is 0 Å². The van der Waals surface area contributed by atoms with E-state index in [1.54, 1.807) is 18.0 Å². The van der Waals surface area contributed by atoms with Crippen LogP contribution >= 0.6 is 11.6 Å². The molecule has 1 aliphatic heterocycles. The molecule has 2 N–H and O–H groups in total. The van der Waals surface area contributed by atoms with Gasteiger partial charge in [-0.2, -0.15) is 4.98 Å². The number of nitrogens with two attached hydrogens (primary N) is 1. The Morgan fingerprint density at radius 3 is 2.86 bits per heavy atom. The van der Waals surface area contributed by atoms with E-state index in [2.05, 4.69) is 14.9 Å². The van der Waals surface area contributed by atoms with E-state index in [-0.39, 0.29) is 18.1 Å². The van der Waals surface area contributed by atoms with E-state index in [4.69, 9.17) is 26.5 Å². The van der Waals surface area contributed by atoms with Crippen molar-refractivity contribution >= 4 is 51.5 Å². The topological polar surface area (TPSA) is 97.7 Å². The first kappa shape index (κ1) is 19.6. The highest BCUT2D eigenvalue weighted by molar-refractivity contribution is 6.31. The number of halogens is 1. The van der Waals surface area contributed by atoms with Crippen molar-refractivity contribution in [3.05, 3.63) is 23.2 Å². The van der Waals surface area contributed by atoms with Crippen LogP contribution in [-0.4, -0.2) is 52.7 Å². The number of rotatable bonds is 2. The van der Waals surface area contributed by atoms with Gasteiger partial charge in [0.15, 0.2) is 11.4 Å². The van der Waals surface area contributed by atoms with Crippen LogP contribution in [0.2, 0.25) is 5.02 Å². The Labute approximate surface area is 173 Å². The van der Waals surface area contributed by atoms with E-state index in [0.29, 0.717) is 40.6 Å². The van der Waals surface area contributed by atoms with Gasteiger partial charge in [-0.1, -0.05) is 11.6 Å². The van der Waals surface area contributed by atoms with Gasteiger partial charge in [-0.05, 0) is 45.4 Å². The summed E-state index contributed by atoms with van der Waals surface area (Å²) in [6, 6.07) is 5.38. The number of fused-ring (bicyclic) bond motifs is 3. The van der Waals surface area contributed by atoms with Gasteiger partial charge in [0, 0.05) is 30.5 Å². The van der Waals surface area contributed by atoms with Crippen molar-refractivity contribution in [2.75, 3.05) is 30.8 Å². The molecule has 0 saturated carbocycles. The number of likely N-dealkylation sites (N-methyl/N-ethyl adjacent to an activating group) is 1. The summed E-state index contributed by atoms with van der Waals surface area (Å²) >= 11 is 6.14. The molecular formula is C20H24ClN5O3. The van der Waals surface area contributed by atoms with Crippen LogP contribution < -0.4 is 10.6 Å². The molecule has 1 saturated heterocycles. The maximum atomic E-state index is 12.4. The van der Waals surface area contributed by atoms with Gasteiger partial charge in [-0.15, -0.1) is 0 Å². The Kier molecular flexibility index (Phi) is 4.69. The molecule has 0 spiro atoms. The van der Waals surface area contributed by atoms with E-state index in [9.17, 15) is 4.79 Å². The molecule has 1 fully saturated rings. The number of nitrogen functional groups attached to an aromatic ring is 1. The minimum atomic E-state index is -0.535. The predicted molar refractivity (Wildman–Crippen MR) is 113 cm³/mol. The van der Waals surface area contributed by atoms with Crippen molar-refractivity contribution in [1.29, 1.82) is 0 Å². The third kappa shape index (κ3) is 3.76. The lowest BCUT2D eigenvalue weighted by molar-refractivity contribution is 0.0238. The van der Waals surface area contributed by atoms with Crippen LogP contribution in [0.15, 0.2) is 22.6 Å². The first-order valence-corrected chi connectivity index (χ1v) is 9.86. The van der Waals surface area contributed by atoms with Crippen molar-refractivity contribution in [1.82, 2.24) is 14.9 Å². The summed E-state index contributed by atoms with van der Waals surface area (Å²) in [5.41, 5.74) is 7.32. The third-order valence-corrected chi connectivity index (χ3v) is 5.20. The summed E-state index contributed by atoms with van der Waals surface area (Å²) in [4.78, 5) is 24.9. The first-order valence-electron chi connectivity index (χ1n) is 9.48. The van der Waals surface area contributed by atoms with Gasteiger partial charge >= 0.3 is 6.09 Å². The highest BCUT2D eigenvalue weighted by atomic mass is 35.5. The molecule has 3 heterocycles. The fourth-order valence-corrected chi connectivity index (χ4v) is 3.74. The van der Waals surface area contributed by atoms with Crippen LogP contribution in [0.5, 0.6) is 0 Å². The van der Waals surface area contributed by atoms with Crippen molar-refractivity contribution < 1.29 is 13.9 Å². The number of hydrogen-bond acceptors (Lipinski definition) is 7. The summed E-state index contributed by atoms with van der Waals surface area (Å²) in [7, 11) is 1.76. The maximum absolute atomic E-state index is 12.4. The maximum Gasteiger partial charge on any atom is 0.410 e. The molecule has 1 aliphatic rings. The molecule has 9 heteroatoms. The van der Waals surface area contributed by atoms with Crippen LogP contribution in [0.4, 0.5) is 16.6 Å². The number of benzene rings is 1. The van der Waals surface area contributed by atoms with E-state index < -0.39 is 5.60 Å². The van der Waals surface area contributed by atoms with Gasteiger partial charge < -0.3 is 24.7 Å². The normalized spacial score (nSPS) is 17.3. The first-order chi connectivity index (χ1) is 13.6. The van der Waals surface area contributed by atoms with Gasteiger partial charge in [-0.3, -0.25) is 0 Å². The van der Waals surface area contributed by atoms with Gasteiger partial charge in [-0.25, -0.2) is 9.78 Å². The lowest BCUT2D eigenvalue weighted by atomic mass is 10.2. The third-order valence-electron chi connectivity index (χ3n) is 4.97. The zero-order chi connectivity index (χ0) is 20.9. The summed E-state index contributed by atoms with van der Waals surface area (Å²) < 4.78 is 11.5. The largest absolute Gasteiger partial charge is 0.450 e. The number of anilines is 2. The van der Waals surface area contributed by atoms with E-state index in [1.165, 1.54) is 0 Å². The fraction of sp³-hybridized carbons (Fsp3) is 0.450. The molecule has 0 aliphatic carbocycles. The standard InChI is InChI=1S/C20H24ClN5O3/c1-20(2,3)29-19(27)25(4)12-7-8-26(10-12)17-16-15(23-18(22)24-17)13-9-11(21)5-6-14(13)28-16/h5-6,9,12H,7-8,10H2,1-4H3,(H2,22,23,24). The molecule has 3 aromatic rings. The second-order valence-corrected chi connectivity index (χ2v) is 8.74. The Hall–Kier alpha value is -2.74. The van der Waals surface area contributed by atoms with E-state index in [1.807, 2.05) is 32.9 Å². The summed E-state index contributed by atoms with van der Waals surface area (Å²) in [5.74, 6) is 0.791. The van der Waals surface area contributed by atoms with Gasteiger partial charge in [0.05, 0.1) is 6.04 Å². The molecule has 0 radical (unpaired) electrons. The van der Waals surface area contributed by atoms with Crippen LogP contribution in [0, 0.1) is 0 Å². The molecule has 8 nitrogen and oxygen atoms in total. The zero-order valence-corrected chi connectivity index (χ0v) is 17.7. The number of amides is 1. The number of aromatic nitrogens is 2. The summed E-state index contributed by atoms with van der Waals surface area (Å²) in [6.07, 6.45) is 0.447. The molecule has 1 aromatic carbocycles. The molecule has 1 unspecified atom stereocenters. The van der Waals surface area contributed by atoms with Gasteiger partial charge in [0.2, 0.25) is 5.95 Å². The SMILES string of the molecule is CN(C(=O)OC(C)(C)C)C1CCN(c2nc(N)nc3c2oc2ccc(Cl)cc23)C1. The van der Waals surface area contributed by atoms with Crippen molar-refractivity contribution in [3.8, 4) is 0 Å². The van der Waals surface area contributed by atoms with Crippen LogP contribution in [0.25, 0.3) is 22.1 Å². The van der Waals surface area contributed by atoms with Crippen molar-refractivity contribution in [2.24, 2.45) is 0 Å². The molecule has 1 amide bonds. The zero-order valence-electron chi connectivity index (χ0n) is 16.9. The number of carbonyl (C=O) groups is 1. The molecule has 154 valence electrons. The monoisotopic (exact) mass is 417 g/mol. The molecular weight excluding hydrogens is 394 g/mol. The molecule has 2 aromatic heterocycles. The molecule has 0 bridgehead atoms. The quantitative estimate of drug-likeness (QED) is 0.671. The Morgan fingerprint density at radius 2 is 2.14 bits per heavy atom. The van der Waals surface area contributed by atoms with Gasteiger partial charge in [0.1, 0.15) is 16.7 Å². The minimum Gasteiger partial charge on any atom is -0.450 e. The lowest BCUT2D eigenvalue weighted by Gasteiger charge is -2.28. The highest BCUT2D eigenvalue weighted by Crippen LogP contribution is 2.36. The smallest absolute Gasteiger partial charge is 0.410 e. The fourth-order valence-electron chi connectivity index (χ4n) is 3.57. The lowest BCUT2D eigenvalue weighted by Crippen LogP contribution is -2.42. The number of hydrogen-bond donors (Lipinski definition) is 1. The minimum absolute atomic E-state index is 0.00471.